The summed E-state index contributed by atoms with van der Waals surface area (Å²) >= 11 is 7.92. The quantitative estimate of drug-likeness (QED) is 0.639. The zero-order valence-corrected chi connectivity index (χ0v) is 20.7. The van der Waals surface area contributed by atoms with Crippen LogP contribution in [0.15, 0.2) is 23.1 Å². The Morgan fingerprint density at radius 3 is 2.43 bits per heavy atom. The molecule has 1 atom stereocenters. The molecule has 1 aromatic rings. The van der Waals surface area contributed by atoms with Crippen molar-refractivity contribution >= 4 is 38.6 Å². The number of hydrogen-bond acceptors (Lipinski definition) is 4. The number of halogens is 1. The van der Waals surface area contributed by atoms with Crippen molar-refractivity contribution in [2.75, 3.05) is 32.9 Å². The van der Waals surface area contributed by atoms with Gasteiger partial charge in [0.25, 0.3) is 0 Å². The SMILES string of the molecule is CC[N+](CC)=C1SCC(O)(c2ccc(Cl)c(S(=O)(=O)N(C)C)c2)N1C1CCCCC1. The molecule has 0 aromatic heterocycles. The Balaban J connectivity index is 2.14. The van der Waals surface area contributed by atoms with Crippen LogP contribution in [-0.4, -0.2) is 71.5 Å². The molecule has 1 saturated heterocycles. The molecule has 0 amide bonds. The third-order valence-electron chi connectivity index (χ3n) is 6.13. The van der Waals surface area contributed by atoms with E-state index in [-0.39, 0.29) is 16.0 Å². The normalized spacial score (nSPS) is 23.4. The number of amidine groups is 1. The van der Waals surface area contributed by atoms with Crippen molar-refractivity contribution in [3.05, 3.63) is 28.8 Å². The third kappa shape index (κ3) is 4.26. The Morgan fingerprint density at radius 1 is 1.23 bits per heavy atom. The van der Waals surface area contributed by atoms with Crippen LogP contribution in [0.25, 0.3) is 0 Å². The standard InChI is InChI=1S/C21H33ClN3O3S2/c1-5-24(6-2)20-25(17-10-8-7-9-11-17)21(26,15-29-20)16-12-13-18(22)19(14-16)30(27,28)23(3)4/h12-14,17,26H,5-11,15H2,1-4H3/q+1. The fourth-order valence-corrected chi connectivity index (χ4v) is 7.28. The van der Waals surface area contributed by atoms with E-state index >= 15 is 0 Å². The molecule has 1 N–H and O–H groups in total. The smallest absolute Gasteiger partial charge is 0.311 e. The van der Waals surface area contributed by atoms with Gasteiger partial charge in [-0.25, -0.2) is 17.6 Å². The van der Waals surface area contributed by atoms with E-state index in [0.29, 0.717) is 11.3 Å². The summed E-state index contributed by atoms with van der Waals surface area (Å²) in [7, 11) is -0.750. The summed E-state index contributed by atoms with van der Waals surface area (Å²) in [6.07, 6.45) is 5.58. The van der Waals surface area contributed by atoms with Gasteiger partial charge in [-0.15, -0.1) is 0 Å². The van der Waals surface area contributed by atoms with E-state index < -0.39 is 15.7 Å². The fourth-order valence-electron chi connectivity index (χ4n) is 4.37. The Kier molecular flexibility index (Phi) is 7.45. The zero-order chi connectivity index (χ0) is 22.1. The number of rotatable bonds is 6. The second kappa shape index (κ2) is 9.36. The lowest BCUT2D eigenvalue weighted by Crippen LogP contribution is -2.53. The van der Waals surface area contributed by atoms with Crippen LogP contribution in [0.5, 0.6) is 0 Å². The van der Waals surface area contributed by atoms with Crippen LogP contribution in [0.4, 0.5) is 0 Å². The van der Waals surface area contributed by atoms with Gasteiger partial charge < -0.3 is 5.11 Å². The van der Waals surface area contributed by atoms with Crippen LogP contribution in [-0.2, 0) is 15.7 Å². The van der Waals surface area contributed by atoms with Gasteiger partial charge in [0.05, 0.1) is 29.9 Å². The van der Waals surface area contributed by atoms with Gasteiger partial charge in [0.15, 0.2) is 0 Å². The molecule has 168 valence electrons. The summed E-state index contributed by atoms with van der Waals surface area (Å²) in [5.74, 6) is 0.457. The number of nitrogens with zero attached hydrogens (tertiary/aromatic N) is 3. The molecule has 2 aliphatic rings. The van der Waals surface area contributed by atoms with Crippen LogP contribution >= 0.6 is 23.4 Å². The van der Waals surface area contributed by atoms with Crippen molar-refractivity contribution in [3.63, 3.8) is 0 Å². The van der Waals surface area contributed by atoms with E-state index in [1.165, 1.54) is 20.5 Å². The van der Waals surface area contributed by atoms with Crippen LogP contribution in [0.3, 0.4) is 0 Å². The van der Waals surface area contributed by atoms with Gasteiger partial charge in [-0.3, -0.25) is 4.58 Å². The first-order chi connectivity index (χ1) is 14.2. The van der Waals surface area contributed by atoms with Crippen molar-refractivity contribution in [2.24, 2.45) is 0 Å². The summed E-state index contributed by atoms with van der Waals surface area (Å²) in [6.45, 7) is 5.97. The molecule has 6 nitrogen and oxygen atoms in total. The molecule has 0 bridgehead atoms. The molecule has 1 aromatic carbocycles. The second-order valence-electron chi connectivity index (χ2n) is 8.15. The highest BCUT2D eigenvalue weighted by Gasteiger charge is 2.55. The summed E-state index contributed by atoms with van der Waals surface area (Å²) in [5, 5.41) is 13.3. The third-order valence-corrected chi connectivity index (χ3v) is 9.69. The lowest BCUT2D eigenvalue weighted by molar-refractivity contribution is -0.524. The first-order valence-electron chi connectivity index (χ1n) is 10.7. The maximum absolute atomic E-state index is 12.8. The van der Waals surface area contributed by atoms with E-state index in [1.807, 2.05) is 0 Å². The molecule has 1 aliphatic carbocycles. The largest absolute Gasteiger partial charge is 0.349 e. The lowest BCUT2D eigenvalue weighted by Gasteiger charge is -2.37. The van der Waals surface area contributed by atoms with Gasteiger partial charge in [-0.1, -0.05) is 24.1 Å². The number of hydrogen-bond donors (Lipinski definition) is 1. The van der Waals surface area contributed by atoms with Gasteiger partial charge in [0, 0.05) is 19.7 Å². The van der Waals surface area contributed by atoms with E-state index in [2.05, 4.69) is 23.3 Å². The minimum absolute atomic E-state index is 0.0324. The minimum atomic E-state index is -3.72. The molecule has 0 radical (unpaired) electrons. The lowest BCUT2D eigenvalue weighted by atomic mass is 9.91. The Bertz CT molecular complexity index is 908. The highest BCUT2D eigenvalue weighted by molar-refractivity contribution is 8.13. The molecule has 3 rings (SSSR count). The second-order valence-corrected chi connectivity index (χ2v) is 11.6. The van der Waals surface area contributed by atoms with E-state index in [0.717, 1.165) is 48.2 Å². The van der Waals surface area contributed by atoms with Crippen LogP contribution in [0.1, 0.15) is 51.5 Å². The summed E-state index contributed by atoms with van der Waals surface area (Å²) in [5.41, 5.74) is -0.696. The molecular weight excluding hydrogens is 442 g/mol. The van der Waals surface area contributed by atoms with E-state index in [4.69, 9.17) is 11.6 Å². The monoisotopic (exact) mass is 474 g/mol. The molecule has 1 heterocycles. The summed E-state index contributed by atoms with van der Waals surface area (Å²) in [6, 6.07) is 5.14. The number of aliphatic hydroxyl groups is 1. The van der Waals surface area contributed by atoms with Gasteiger partial charge in [-0.2, -0.15) is 0 Å². The number of benzene rings is 1. The highest BCUT2D eigenvalue weighted by Crippen LogP contribution is 2.44. The van der Waals surface area contributed by atoms with Crippen LogP contribution < -0.4 is 0 Å². The van der Waals surface area contributed by atoms with Crippen molar-refractivity contribution in [1.82, 2.24) is 9.21 Å². The number of sulfonamides is 1. The first-order valence-corrected chi connectivity index (χ1v) is 13.5. The molecule has 0 spiro atoms. The average molecular weight is 475 g/mol. The summed E-state index contributed by atoms with van der Waals surface area (Å²) in [4.78, 5) is 2.20. The maximum Gasteiger partial charge on any atom is 0.311 e. The zero-order valence-electron chi connectivity index (χ0n) is 18.3. The molecule has 2 fully saturated rings. The predicted molar refractivity (Wildman–Crippen MR) is 124 cm³/mol. The van der Waals surface area contributed by atoms with Crippen LogP contribution in [0.2, 0.25) is 5.02 Å². The summed E-state index contributed by atoms with van der Waals surface area (Å²) < 4.78 is 29.0. The maximum atomic E-state index is 12.8. The topological polar surface area (TPSA) is 63.9 Å². The predicted octanol–water partition coefficient (Wildman–Crippen LogP) is 3.53. The molecule has 30 heavy (non-hydrogen) atoms. The average Bonchev–Trinajstić information content (AvgIpc) is 3.08. The fraction of sp³-hybridized carbons (Fsp3) is 0.667. The molecule has 1 unspecified atom stereocenters. The molecule has 9 heteroatoms. The van der Waals surface area contributed by atoms with Crippen molar-refractivity contribution in [1.29, 1.82) is 0 Å². The Hall–Kier alpha value is -0.800. The molecular formula is C21H33ClN3O3S2+. The first kappa shape index (κ1) is 23.9. The molecule has 1 saturated carbocycles. The van der Waals surface area contributed by atoms with Gasteiger partial charge >= 0.3 is 5.17 Å². The number of thioether (sulfide) groups is 1. The van der Waals surface area contributed by atoms with Gasteiger partial charge in [-0.05, 0) is 63.4 Å². The highest BCUT2D eigenvalue weighted by atomic mass is 35.5. The van der Waals surface area contributed by atoms with Gasteiger partial charge in [0.1, 0.15) is 4.90 Å². The van der Waals surface area contributed by atoms with Crippen LogP contribution in [0, 0.1) is 0 Å². The van der Waals surface area contributed by atoms with Crippen molar-refractivity contribution in [3.8, 4) is 0 Å². The van der Waals surface area contributed by atoms with Gasteiger partial charge in [0.2, 0.25) is 15.7 Å². The Morgan fingerprint density at radius 2 is 1.87 bits per heavy atom. The Labute approximate surface area is 190 Å². The molecule has 1 aliphatic heterocycles. The van der Waals surface area contributed by atoms with Crippen molar-refractivity contribution in [2.45, 2.75) is 62.6 Å². The van der Waals surface area contributed by atoms with E-state index in [1.54, 1.807) is 30.0 Å². The van der Waals surface area contributed by atoms with E-state index in [9.17, 15) is 13.5 Å². The minimum Gasteiger partial charge on any atom is -0.349 e. The van der Waals surface area contributed by atoms with Crippen molar-refractivity contribution < 1.29 is 18.1 Å².